The van der Waals surface area contributed by atoms with E-state index in [1.165, 1.54) is 12.1 Å². The number of carbonyl (C=O) groups is 2. The molecule has 0 aromatic heterocycles. The number of halogens is 4. The Morgan fingerprint density at radius 2 is 2.07 bits per heavy atom. The van der Waals surface area contributed by atoms with Gasteiger partial charge in [0.15, 0.2) is 5.78 Å². The van der Waals surface area contributed by atoms with E-state index in [-0.39, 0.29) is 39.9 Å². The van der Waals surface area contributed by atoms with Crippen molar-refractivity contribution in [3.8, 4) is 11.5 Å². The summed E-state index contributed by atoms with van der Waals surface area (Å²) in [6.07, 6.45) is -5.77. The molecule has 0 radical (unpaired) electrons. The van der Waals surface area contributed by atoms with E-state index in [9.17, 15) is 22.8 Å². The third-order valence-electron chi connectivity index (χ3n) is 4.32. The molecule has 2 atom stereocenters. The van der Waals surface area contributed by atoms with E-state index in [0.717, 1.165) is 18.2 Å². The SMILES string of the molecule is N[C@@H](COc1cc(C(F)(F)F)ccc1C1CC(=O)c2cccc(Cl)c2O1)C(=O)O. The number of aliphatic carboxylic acids is 1. The number of nitrogens with two attached hydrogens (primary N) is 1. The number of Topliss-reactive ketones (excluding diaryl/α,β-unsaturated/α-hetero) is 1. The molecule has 0 aliphatic carbocycles. The monoisotopic (exact) mass is 429 g/mol. The van der Waals surface area contributed by atoms with Crippen molar-refractivity contribution >= 4 is 23.4 Å². The summed E-state index contributed by atoms with van der Waals surface area (Å²) >= 11 is 6.08. The van der Waals surface area contributed by atoms with Gasteiger partial charge in [0.05, 0.1) is 22.6 Å². The zero-order chi connectivity index (χ0) is 21.3. The summed E-state index contributed by atoms with van der Waals surface area (Å²) in [5, 5.41) is 9.05. The first kappa shape index (κ1) is 20.9. The second-order valence-electron chi connectivity index (χ2n) is 6.36. The Bertz CT molecular complexity index is 963. The fourth-order valence-corrected chi connectivity index (χ4v) is 3.06. The molecule has 0 fully saturated rings. The second-order valence-corrected chi connectivity index (χ2v) is 6.76. The molecule has 0 spiro atoms. The lowest BCUT2D eigenvalue weighted by Crippen LogP contribution is -2.36. The van der Waals surface area contributed by atoms with Gasteiger partial charge in [-0.05, 0) is 24.3 Å². The first-order chi connectivity index (χ1) is 13.6. The number of para-hydroxylation sites is 1. The molecule has 1 aliphatic heterocycles. The standard InChI is InChI=1S/C19H15ClF3NO5/c20-12-3-1-2-10-14(25)7-16(29-17(10)12)11-5-4-9(19(21,22)23)6-15(11)28-8-13(24)18(26)27/h1-6,13,16H,7-8,24H2,(H,26,27)/t13-,16?/m0/s1. The average molecular weight is 430 g/mol. The zero-order valence-corrected chi connectivity index (χ0v) is 15.5. The maximum Gasteiger partial charge on any atom is 0.416 e. The Hall–Kier alpha value is -2.78. The van der Waals surface area contributed by atoms with E-state index in [1.807, 2.05) is 0 Å². The van der Waals surface area contributed by atoms with E-state index in [1.54, 1.807) is 6.07 Å². The van der Waals surface area contributed by atoms with E-state index >= 15 is 0 Å². The average Bonchev–Trinajstić information content (AvgIpc) is 2.65. The van der Waals surface area contributed by atoms with Crippen LogP contribution in [-0.2, 0) is 11.0 Å². The Morgan fingerprint density at radius 3 is 2.72 bits per heavy atom. The fraction of sp³-hybridized carbons (Fsp3) is 0.263. The van der Waals surface area contributed by atoms with Crippen molar-refractivity contribution in [2.24, 2.45) is 5.73 Å². The quantitative estimate of drug-likeness (QED) is 0.749. The lowest BCUT2D eigenvalue weighted by molar-refractivity contribution is -0.140. The normalized spacial score (nSPS) is 17.3. The molecule has 1 unspecified atom stereocenters. The van der Waals surface area contributed by atoms with Gasteiger partial charge in [-0.25, -0.2) is 0 Å². The van der Waals surface area contributed by atoms with Crippen molar-refractivity contribution in [2.45, 2.75) is 24.7 Å². The van der Waals surface area contributed by atoms with Crippen LogP contribution in [0.15, 0.2) is 36.4 Å². The summed E-state index contributed by atoms with van der Waals surface area (Å²) in [4.78, 5) is 23.3. The van der Waals surface area contributed by atoms with Crippen LogP contribution in [0.3, 0.4) is 0 Å². The highest BCUT2D eigenvalue weighted by Gasteiger charge is 2.35. The molecule has 1 heterocycles. The van der Waals surface area contributed by atoms with Crippen LogP contribution in [0.25, 0.3) is 0 Å². The van der Waals surface area contributed by atoms with Crippen LogP contribution in [0, 0.1) is 0 Å². The molecule has 2 aromatic rings. The molecule has 29 heavy (non-hydrogen) atoms. The number of carbonyl (C=O) groups excluding carboxylic acids is 1. The lowest BCUT2D eigenvalue weighted by atomic mass is 9.95. The summed E-state index contributed by atoms with van der Waals surface area (Å²) in [6.45, 7) is -0.568. The number of fused-ring (bicyclic) bond motifs is 1. The molecule has 0 saturated carbocycles. The van der Waals surface area contributed by atoms with Crippen LogP contribution in [0.4, 0.5) is 13.2 Å². The second kappa shape index (κ2) is 7.92. The van der Waals surface area contributed by atoms with Gasteiger partial charge >= 0.3 is 12.1 Å². The van der Waals surface area contributed by atoms with Crippen molar-refractivity contribution in [1.29, 1.82) is 0 Å². The van der Waals surface area contributed by atoms with Gasteiger partial charge in [-0.3, -0.25) is 9.59 Å². The van der Waals surface area contributed by atoms with Gasteiger partial charge in [0.2, 0.25) is 0 Å². The summed E-state index contributed by atoms with van der Waals surface area (Å²) in [5.74, 6) is -1.82. The van der Waals surface area contributed by atoms with E-state index in [2.05, 4.69) is 0 Å². The number of ketones is 1. The van der Waals surface area contributed by atoms with Crippen molar-refractivity contribution in [1.82, 2.24) is 0 Å². The predicted molar refractivity (Wildman–Crippen MR) is 96.3 cm³/mol. The van der Waals surface area contributed by atoms with Crippen molar-refractivity contribution in [3.63, 3.8) is 0 Å². The van der Waals surface area contributed by atoms with Crippen LogP contribution in [-0.4, -0.2) is 29.5 Å². The van der Waals surface area contributed by atoms with Crippen LogP contribution >= 0.6 is 11.6 Å². The largest absolute Gasteiger partial charge is 0.491 e. The number of benzene rings is 2. The van der Waals surface area contributed by atoms with Gasteiger partial charge in [0.1, 0.15) is 30.3 Å². The third kappa shape index (κ3) is 4.46. The van der Waals surface area contributed by atoms with E-state index in [4.69, 9.17) is 31.9 Å². The number of hydrogen-bond donors (Lipinski definition) is 2. The number of ether oxygens (including phenoxy) is 2. The van der Waals surface area contributed by atoms with Gasteiger partial charge in [-0.1, -0.05) is 23.7 Å². The highest BCUT2D eigenvalue weighted by atomic mass is 35.5. The topological polar surface area (TPSA) is 98.9 Å². The zero-order valence-electron chi connectivity index (χ0n) is 14.7. The van der Waals surface area contributed by atoms with Gasteiger partial charge in [0, 0.05) is 5.56 Å². The first-order valence-electron chi connectivity index (χ1n) is 8.38. The van der Waals surface area contributed by atoms with Crippen molar-refractivity contribution in [3.05, 3.63) is 58.1 Å². The molecule has 1 aliphatic rings. The Labute approximate surface area is 168 Å². The third-order valence-corrected chi connectivity index (χ3v) is 4.62. The van der Waals surface area contributed by atoms with Crippen LogP contribution < -0.4 is 15.2 Å². The van der Waals surface area contributed by atoms with Crippen LogP contribution in [0.5, 0.6) is 11.5 Å². The molecule has 154 valence electrons. The molecule has 0 amide bonds. The predicted octanol–water partition coefficient (Wildman–Crippen LogP) is 3.86. The molecule has 0 saturated heterocycles. The molecule has 3 N–H and O–H groups in total. The van der Waals surface area contributed by atoms with Crippen molar-refractivity contribution in [2.75, 3.05) is 6.61 Å². The van der Waals surface area contributed by atoms with Gasteiger partial charge < -0.3 is 20.3 Å². The Morgan fingerprint density at radius 1 is 1.34 bits per heavy atom. The molecular formula is C19H15ClF3NO5. The molecule has 3 rings (SSSR count). The fourth-order valence-electron chi connectivity index (χ4n) is 2.84. The summed E-state index contributed by atoms with van der Waals surface area (Å²) in [5.41, 5.74) is 4.79. The molecule has 6 nitrogen and oxygen atoms in total. The number of rotatable bonds is 5. The van der Waals surface area contributed by atoms with Gasteiger partial charge in [-0.15, -0.1) is 0 Å². The highest BCUT2D eigenvalue weighted by molar-refractivity contribution is 6.32. The Kier molecular flexibility index (Phi) is 5.72. The molecule has 2 aromatic carbocycles. The lowest BCUT2D eigenvalue weighted by Gasteiger charge is -2.28. The number of hydrogen-bond acceptors (Lipinski definition) is 5. The number of carboxylic acid groups (broad SMARTS) is 1. The van der Waals surface area contributed by atoms with E-state index in [0.29, 0.717) is 0 Å². The minimum atomic E-state index is -4.65. The van der Waals surface area contributed by atoms with E-state index < -0.39 is 36.5 Å². The van der Waals surface area contributed by atoms with Crippen molar-refractivity contribution < 1.29 is 37.3 Å². The minimum Gasteiger partial charge on any atom is -0.491 e. The van der Waals surface area contributed by atoms with Gasteiger partial charge in [-0.2, -0.15) is 13.2 Å². The summed E-state index contributed by atoms with van der Waals surface area (Å²) in [6, 6.07) is 5.88. The summed E-state index contributed by atoms with van der Waals surface area (Å²) < 4.78 is 50.4. The maximum absolute atomic E-state index is 13.1. The summed E-state index contributed by atoms with van der Waals surface area (Å²) in [7, 11) is 0. The highest BCUT2D eigenvalue weighted by Crippen LogP contribution is 2.43. The molecular weight excluding hydrogens is 415 g/mol. The Balaban J connectivity index is 1.98. The first-order valence-corrected chi connectivity index (χ1v) is 8.76. The van der Waals surface area contributed by atoms with Gasteiger partial charge in [0.25, 0.3) is 0 Å². The molecule has 0 bridgehead atoms. The maximum atomic E-state index is 13.1. The number of carboxylic acids is 1. The minimum absolute atomic E-state index is 0.128. The van der Waals surface area contributed by atoms with Crippen LogP contribution in [0.2, 0.25) is 5.02 Å². The molecule has 10 heteroatoms. The van der Waals surface area contributed by atoms with Crippen LogP contribution in [0.1, 0.15) is 34.0 Å². The number of alkyl halides is 3. The smallest absolute Gasteiger partial charge is 0.416 e.